The highest BCUT2D eigenvalue weighted by atomic mass is 16.2. The van der Waals surface area contributed by atoms with Crippen LogP contribution in [0.4, 0.5) is 0 Å². The van der Waals surface area contributed by atoms with Gasteiger partial charge in [-0.2, -0.15) is 0 Å². The number of nitrogens with zero attached hydrogens (tertiary/aromatic N) is 1. The van der Waals surface area contributed by atoms with Crippen molar-refractivity contribution in [3.63, 3.8) is 0 Å². The van der Waals surface area contributed by atoms with Gasteiger partial charge in [-0.1, -0.05) is 13.8 Å². The third-order valence-corrected chi connectivity index (χ3v) is 3.54. The van der Waals surface area contributed by atoms with E-state index in [1.165, 1.54) is 0 Å². The van der Waals surface area contributed by atoms with Crippen molar-refractivity contribution in [1.29, 1.82) is 0 Å². The highest BCUT2D eigenvalue weighted by molar-refractivity contribution is 5.83. The molecule has 1 rings (SSSR count). The molecule has 1 aliphatic rings. The molecule has 0 bridgehead atoms. The Labute approximate surface area is 80.3 Å². The molecule has 1 fully saturated rings. The predicted octanol–water partition coefficient (Wildman–Crippen LogP) is 0.981. The van der Waals surface area contributed by atoms with Gasteiger partial charge in [-0.05, 0) is 20.8 Å². The van der Waals surface area contributed by atoms with Crippen molar-refractivity contribution < 1.29 is 4.79 Å². The van der Waals surface area contributed by atoms with E-state index in [9.17, 15) is 4.79 Å². The van der Waals surface area contributed by atoms with Crippen LogP contribution in [0.5, 0.6) is 0 Å². The standard InChI is InChI=1S/C10H20N2O/c1-7(11)8(13)12-6-9(2,3)10(12,4)5/h7H,6,11H2,1-5H3/t7-/m1/s1. The minimum Gasteiger partial charge on any atom is -0.335 e. The van der Waals surface area contributed by atoms with Crippen LogP contribution in [0.2, 0.25) is 0 Å². The van der Waals surface area contributed by atoms with Gasteiger partial charge in [0.1, 0.15) is 0 Å². The summed E-state index contributed by atoms with van der Waals surface area (Å²) in [5, 5.41) is 0. The van der Waals surface area contributed by atoms with Crippen LogP contribution in [-0.4, -0.2) is 28.9 Å². The first-order valence-corrected chi connectivity index (χ1v) is 4.77. The molecule has 1 heterocycles. The summed E-state index contributed by atoms with van der Waals surface area (Å²) in [5.41, 5.74) is 5.71. The largest absolute Gasteiger partial charge is 0.335 e. The average molecular weight is 184 g/mol. The molecule has 0 saturated carbocycles. The lowest BCUT2D eigenvalue weighted by Gasteiger charge is -2.61. The number of likely N-dealkylation sites (tertiary alicyclic amines) is 1. The monoisotopic (exact) mass is 184 g/mol. The Morgan fingerprint density at radius 3 is 2.08 bits per heavy atom. The van der Waals surface area contributed by atoms with E-state index in [0.29, 0.717) is 0 Å². The average Bonchev–Trinajstić information content (AvgIpc) is 1.98. The molecule has 0 aromatic carbocycles. The van der Waals surface area contributed by atoms with Crippen LogP contribution in [0.1, 0.15) is 34.6 Å². The van der Waals surface area contributed by atoms with Crippen LogP contribution in [0.15, 0.2) is 0 Å². The summed E-state index contributed by atoms with van der Waals surface area (Å²) >= 11 is 0. The second-order valence-electron chi connectivity index (χ2n) is 5.16. The second kappa shape index (κ2) is 2.71. The molecule has 1 amide bonds. The first-order valence-electron chi connectivity index (χ1n) is 4.77. The van der Waals surface area contributed by atoms with Crippen molar-refractivity contribution in [3.8, 4) is 0 Å². The Bertz CT molecular complexity index is 231. The molecular formula is C10H20N2O. The molecule has 2 N–H and O–H groups in total. The third-order valence-electron chi connectivity index (χ3n) is 3.54. The van der Waals surface area contributed by atoms with Gasteiger partial charge in [-0.15, -0.1) is 0 Å². The summed E-state index contributed by atoms with van der Waals surface area (Å²) in [6, 6.07) is -0.379. The Hall–Kier alpha value is -0.570. The summed E-state index contributed by atoms with van der Waals surface area (Å²) in [4.78, 5) is 13.5. The molecule has 1 aliphatic heterocycles. The lowest BCUT2D eigenvalue weighted by atomic mass is 9.65. The van der Waals surface area contributed by atoms with Gasteiger partial charge in [0.25, 0.3) is 0 Å². The first kappa shape index (κ1) is 10.5. The van der Waals surface area contributed by atoms with E-state index in [-0.39, 0.29) is 22.9 Å². The summed E-state index contributed by atoms with van der Waals surface area (Å²) < 4.78 is 0. The fourth-order valence-electron chi connectivity index (χ4n) is 1.66. The molecule has 1 atom stereocenters. The summed E-state index contributed by atoms with van der Waals surface area (Å²) in [5.74, 6) is 0.0596. The van der Waals surface area contributed by atoms with E-state index >= 15 is 0 Å². The fourth-order valence-corrected chi connectivity index (χ4v) is 1.66. The minimum atomic E-state index is -0.379. The minimum absolute atomic E-state index is 0.0578. The first-order chi connectivity index (χ1) is 5.70. The summed E-state index contributed by atoms with van der Waals surface area (Å²) in [6.45, 7) is 11.1. The molecule has 0 aromatic heterocycles. The Morgan fingerprint density at radius 2 is 1.85 bits per heavy atom. The van der Waals surface area contributed by atoms with E-state index in [4.69, 9.17) is 5.73 Å². The number of hydrogen-bond acceptors (Lipinski definition) is 2. The maximum atomic E-state index is 11.6. The van der Waals surface area contributed by atoms with Crippen molar-refractivity contribution in [3.05, 3.63) is 0 Å². The highest BCUT2D eigenvalue weighted by Gasteiger charge is 2.54. The molecule has 0 unspecified atom stereocenters. The molecule has 13 heavy (non-hydrogen) atoms. The SMILES string of the molecule is C[C@@H](N)C(=O)N1CC(C)(C)C1(C)C. The zero-order valence-corrected chi connectivity index (χ0v) is 9.22. The molecular weight excluding hydrogens is 164 g/mol. The van der Waals surface area contributed by atoms with E-state index in [1.54, 1.807) is 6.92 Å². The van der Waals surface area contributed by atoms with Gasteiger partial charge in [0, 0.05) is 17.5 Å². The number of hydrogen-bond donors (Lipinski definition) is 1. The van der Waals surface area contributed by atoms with E-state index in [0.717, 1.165) is 6.54 Å². The quantitative estimate of drug-likeness (QED) is 0.660. The van der Waals surface area contributed by atoms with Gasteiger partial charge >= 0.3 is 0 Å². The van der Waals surface area contributed by atoms with Crippen LogP contribution in [0.25, 0.3) is 0 Å². The van der Waals surface area contributed by atoms with Gasteiger partial charge < -0.3 is 10.6 Å². The number of carbonyl (C=O) groups is 1. The zero-order valence-electron chi connectivity index (χ0n) is 9.22. The smallest absolute Gasteiger partial charge is 0.239 e. The molecule has 1 saturated heterocycles. The normalized spacial score (nSPS) is 26.5. The summed E-state index contributed by atoms with van der Waals surface area (Å²) in [6.07, 6.45) is 0. The van der Waals surface area contributed by atoms with Crippen LogP contribution < -0.4 is 5.73 Å². The van der Waals surface area contributed by atoms with Gasteiger partial charge in [0.15, 0.2) is 0 Å². The molecule has 3 nitrogen and oxygen atoms in total. The predicted molar refractivity (Wildman–Crippen MR) is 53.2 cm³/mol. The van der Waals surface area contributed by atoms with Crippen LogP contribution in [-0.2, 0) is 4.79 Å². The lowest BCUT2D eigenvalue weighted by Crippen LogP contribution is -2.72. The molecule has 0 spiro atoms. The topological polar surface area (TPSA) is 46.3 Å². The highest BCUT2D eigenvalue weighted by Crippen LogP contribution is 2.46. The van der Waals surface area contributed by atoms with E-state index in [1.807, 2.05) is 4.90 Å². The van der Waals surface area contributed by atoms with Crippen LogP contribution in [0.3, 0.4) is 0 Å². The van der Waals surface area contributed by atoms with Gasteiger partial charge in [0.2, 0.25) is 5.91 Å². The van der Waals surface area contributed by atoms with Crippen LogP contribution >= 0.6 is 0 Å². The number of rotatable bonds is 1. The second-order valence-corrected chi connectivity index (χ2v) is 5.16. The molecule has 0 aromatic rings. The van der Waals surface area contributed by atoms with Crippen molar-refractivity contribution in [2.24, 2.45) is 11.1 Å². The maximum Gasteiger partial charge on any atom is 0.239 e. The van der Waals surface area contributed by atoms with Crippen molar-refractivity contribution >= 4 is 5.91 Å². The number of amides is 1. The maximum absolute atomic E-state index is 11.6. The van der Waals surface area contributed by atoms with E-state index < -0.39 is 0 Å². The fraction of sp³-hybridized carbons (Fsp3) is 0.900. The molecule has 0 aliphatic carbocycles. The van der Waals surface area contributed by atoms with Gasteiger partial charge in [-0.25, -0.2) is 0 Å². The molecule has 76 valence electrons. The third kappa shape index (κ3) is 1.35. The molecule has 0 radical (unpaired) electrons. The number of nitrogens with two attached hydrogens (primary N) is 1. The van der Waals surface area contributed by atoms with Gasteiger partial charge in [0.05, 0.1) is 6.04 Å². The Kier molecular flexibility index (Phi) is 2.19. The number of carbonyl (C=O) groups excluding carboxylic acids is 1. The van der Waals surface area contributed by atoms with Crippen molar-refractivity contribution in [2.45, 2.75) is 46.2 Å². The Balaban J connectivity index is 2.75. The lowest BCUT2D eigenvalue weighted by molar-refractivity contribution is -0.168. The van der Waals surface area contributed by atoms with Crippen LogP contribution in [0, 0.1) is 5.41 Å². The van der Waals surface area contributed by atoms with Crippen molar-refractivity contribution in [2.75, 3.05) is 6.54 Å². The van der Waals surface area contributed by atoms with E-state index in [2.05, 4.69) is 27.7 Å². The van der Waals surface area contributed by atoms with Gasteiger partial charge in [-0.3, -0.25) is 4.79 Å². The zero-order chi connectivity index (χ0) is 10.4. The summed E-state index contributed by atoms with van der Waals surface area (Å²) in [7, 11) is 0. The van der Waals surface area contributed by atoms with Crippen molar-refractivity contribution in [1.82, 2.24) is 4.90 Å². The Morgan fingerprint density at radius 1 is 1.38 bits per heavy atom. The molecule has 3 heteroatoms.